The number of hydrogen-bond acceptors (Lipinski definition) is 5. The van der Waals surface area contributed by atoms with Crippen molar-refractivity contribution in [3.05, 3.63) is 29.9 Å². The molecular formula is C17H22N4O2. The Bertz CT molecular complexity index is 813. The first-order chi connectivity index (χ1) is 10.8. The molecule has 0 spiro atoms. The molecule has 0 amide bonds. The minimum absolute atomic E-state index is 0.0605. The Morgan fingerprint density at radius 3 is 2.83 bits per heavy atom. The van der Waals surface area contributed by atoms with Crippen LogP contribution < -0.4 is 0 Å². The SMILES string of the molecule is Cc1cc(-c2noc(CC(O)CC(C)(C)C)n2)cc2[nH]cnc12. The number of aromatic nitrogens is 4. The molecule has 0 aliphatic carbocycles. The van der Waals surface area contributed by atoms with Crippen molar-refractivity contribution in [2.45, 2.75) is 46.6 Å². The van der Waals surface area contributed by atoms with Gasteiger partial charge in [0.25, 0.3) is 0 Å². The number of imidazole rings is 1. The molecule has 1 aromatic carbocycles. The van der Waals surface area contributed by atoms with Crippen LogP contribution in [0.1, 0.15) is 38.6 Å². The maximum absolute atomic E-state index is 10.1. The molecule has 0 fully saturated rings. The van der Waals surface area contributed by atoms with Crippen molar-refractivity contribution in [1.82, 2.24) is 20.1 Å². The maximum atomic E-state index is 10.1. The summed E-state index contributed by atoms with van der Waals surface area (Å²) in [5, 5.41) is 14.2. The number of nitrogens with zero attached hydrogens (tertiary/aromatic N) is 3. The number of fused-ring (bicyclic) bond motifs is 1. The molecule has 0 bridgehead atoms. The van der Waals surface area contributed by atoms with Gasteiger partial charge in [-0.3, -0.25) is 0 Å². The fourth-order valence-electron chi connectivity index (χ4n) is 2.79. The molecule has 0 aliphatic heterocycles. The summed E-state index contributed by atoms with van der Waals surface area (Å²) >= 11 is 0. The molecule has 2 aromatic heterocycles. The zero-order valence-electron chi connectivity index (χ0n) is 13.9. The van der Waals surface area contributed by atoms with Crippen molar-refractivity contribution < 1.29 is 9.63 Å². The molecule has 2 N–H and O–H groups in total. The lowest BCUT2D eigenvalue weighted by atomic mass is 9.88. The number of hydrogen-bond donors (Lipinski definition) is 2. The van der Waals surface area contributed by atoms with Crippen molar-refractivity contribution in [2.24, 2.45) is 5.41 Å². The predicted molar refractivity (Wildman–Crippen MR) is 87.9 cm³/mol. The summed E-state index contributed by atoms with van der Waals surface area (Å²) in [5.41, 5.74) is 3.88. The van der Waals surface area contributed by atoms with E-state index in [0.717, 1.165) is 22.2 Å². The van der Waals surface area contributed by atoms with Gasteiger partial charge in [-0.1, -0.05) is 25.9 Å². The molecule has 0 radical (unpaired) electrons. The zero-order chi connectivity index (χ0) is 16.6. The zero-order valence-corrected chi connectivity index (χ0v) is 13.9. The van der Waals surface area contributed by atoms with Gasteiger partial charge in [-0.05, 0) is 36.5 Å². The summed E-state index contributed by atoms with van der Waals surface area (Å²) in [6.45, 7) is 8.29. The summed E-state index contributed by atoms with van der Waals surface area (Å²) in [5.74, 6) is 0.988. The molecule has 2 heterocycles. The maximum Gasteiger partial charge on any atom is 0.229 e. The van der Waals surface area contributed by atoms with E-state index in [1.165, 1.54) is 0 Å². The third-order valence-electron chi connectivity index (χ3n) is 3.70. The molecule has 6 heteroatoms. The molecule has 23 heavy (non-hydrogen) atoms. The summed E-state index contributed by atoms with van der Waals surface area (Å²) in [7, 11) is 0. The lowest BCUT2D eigenvalue weighted by Gasteiger charge is -2.21. The van der Waals surface area contributed by atoms with Gasteiger partial charge in [-0.2, -0.15) is 4.98 Å². The highest BCUT2D eigenvalue weighted by Crippen LogP contribution is 2.25. The van der Waals surface area contributed by atoms with Gasteiger partial charge in [0, 0.05) is 5.56 Å². The quantitative estimate of drug-likeness (QED) is 0.771. The van der Waals surface area contributed by atoms with Crippen LogP contribution in [0.4, 0.5) is 0 Å². The van der Waals surface area contributed by atoms with E-state index in [1.807, 2.05) is 19.1 Å². The van der Waals surface area contributed by atoms with Crippen molar-refractivity contribution in [3.63, 3.8) is 0 Å². The van der Waals surface area contributed by atoms with Gasteiger partial charge in [-0.25, -0.2) is 4.98 Å². The van der Waals surface area contributed by atoms with Gasteiger partial charge in [0.2, 0.25) is 11.7 Å². The topological polar surface area (TPSA) is 87.8 Å². The number of rotatable bonds is 4. The second-order valence-electron chi connectivity index (χ2n) is 7.23. The molecule has 3 aromatic rings. The van der Waals surface area contributed by atoms with Crippen LogP contribution in [0.25, 0.3) is 22.4 Å². The van der Waals surface area contributed by atoms with Gasteiger partial charge < -0.3 is 14.6 Å². The standard InChI is InChI=1S/C17H22N4O2/c1-10-5-11(6-13-15(10)19-9-18-13)16-20-14(23-21-16)7-12(22)8-17(2,3)4/h5-6,9,12,22H,7-8H2,1-4H3,(H,18,19). The number of aryl methyl sites for hydroxylation is 1. The first-order valence-corrected chi connectivity index (χ1v) is 7.76. The van der Waals surface area contributed by atoms with Crippen LogP contribution in [0.2, 0.25) is 0 Å². The number of nitrogens with one attached hydrogen (secondary N) is 1. The van der Waals surface area contributed by atoms with Gasteiger partial charge >= 0.3 is 0 Å². The van der Waals surface area contributed by atoms with E-state index >= 15 is 0 Å². The molecular weight excluding hydrogens is 292 g/mol. The van der Waals surface area contributed by atoms with E-state index in [9.17, 15) is 5.11 Å². The van der Waals surface area contributed by atoms with Gasteiger partial charge in [0.15, 0.2) is 0 Å². The van der Waals surface area contributed by atoms with E-state index < -0.39 is 6.10 Å². The average molecular weight is 314 g/mol. The fraction of sp³-hybridized carbons (Fsp3) is 0.471. The van der Waals surface area contributed by atoms with Crippen LogP contribution in [0.15, 0.2) is 23.0 Å². The van der Waals surface area contributed by atoms with Crippen LogP contribution in [0.5, 0.6) is 0 Å². The Balaban J connectivity index is 1.80. The summed E-state index contributed by atoms with van der Waals surface area (Å²) < 4.78 is 5.29. The van der Waals surface area contributed by atoms with Crippen molar-refractivity contribution >= 4 is 11.0 Å². The number of H-pyrrole nitrogens is 1. The summed E-state index contributed by atoms with van der Waals surface area (Å²) in [6.07, 6.45) is 2.24. The van der Waals surface area contributed by atoms with E-state index in [4.69, 9.17) is 4.52 Å². The third kappa shape index (κ3) is 3.59. The lowest BCUT2D eigenvalue weighted by molar-refractivity contribution is 0.113. The van der Waals surface area contributed by atoms with Crippen LogP contribution in [-0.4, -0.2) is 31.3 Å². The van der Waals surface area contributed by atoms with Crippen LogP contribution in [0.3, 0.4) is 0 Å². The third-order valence-corrected chi connectivity index (χ3v) is 3.70. The van der Waals surface area contributed by atoms with Gasteiger partial charge in [-0.15, -0.1) is 0 Å². The van der Waals surface area contributed by atoms with Crippen LogP contribution >= 0.6 is 0 Å². The van der Waals surface area contributed by atoms with Gasteiger partial charge in [0.1, 0.15) is 0 Å². The summed E-state index contributed by atoms with van der Waals surface area (Å²) in [4.78, 5) is 11.8. The highest BCUT2D eigenvalue weighted by molar-refractivity contribution is 5.83. The van der Waals surface area contributed by atoms with Gasteiger partial charge in [0.05, 0.1) is 29.9 Å². The van der Waals surface area contributed by atoms with E-state index in [1.54, 1.807) is 6.33 Å². The first kappa shape index (κ1) is 15.7. The molecule has 1 atom stereocenters. The average Bonchev–Trinajstić information content (AvgIpc) is 3.04. The number of benzene rings is 1. The Hall–Kier alpha value is -2.21. The molecule has 3 rings (SSSR count). The highest BCUT2D eigenvalue weighted by atomic mass is 16.5. The molecule has 122 valence electrons. The van der Waals surface area contributed by atoms with E-state index in [-0.39, 0.29) is 5.41 Å². The minimum Gasteiger partial charge on any atom is -0.393 e. The molecule has 0 aliphatic rings. The lowest BCUT2D eigenvalue weighted by Crippen LogP contribution is -2.19. The monoisotopic (exact) mass is 314 g/mol. The second kappa shape index (κ2) is 5.77. The van der Waals surface area contributed by atoms with Crippen LogP contribution in [0, 0.1) is 12.3 Å². The number of aliphatic hydroxyl groups is 1. The largest absolute Gasteiger partial charge is 0.393 e. The van der Waals surface area contributed by atoms with Crippen molar-refractivity contribution in [3.8, 4) is 11.4 Å². The Morgan fingerprint density at radius 2 is 2.09 bits per heavy atom. The first-order valence-electron chi connectivity index (χ1n) is 7.76. The molecule has 1 unspecified atom stereocenters. The second-order valence-corrected chi connectivity index (χ2v) is 7.23. The highest BCUT2D eigenvalue weighted by Gasteiger charge is 2.20. The molecule has 6 nitrogen and oxygen atoms in total. The Kier molecular flexibility index (Phi) is 3.93. The number of aromatic amines is 1. The van der Waals surface area contributed by atoms with E-state index in [0.29, 0.717) is 24.6 Å². The smallest absolute Gasteiger partial charge is 0.229 e. The normalized spacial score (nSPS) is 13.6. The van der Waals surface area contributed by atoms with Crippen molar-refractivity contribution in [2.75, 3.05) is 0 Å². The molecule has 0 saturated heterocycles. The molecule has 0 saturated carbocycles. The van der Waals surface area contributed by atoms with Crippen molar-refractivity contribution in [1.29, 1.82) is 0 Å². The minimum atomic E-state index is -0.486. The fourth-order valence-corrected chi connectivity index (χ4v) is 2.79. The number of aliphatic hydroxyl groups excluding tert-OH is 1. The van der Waals surface area contributed by atoms with Crippen LogP contribution in [-0.2, 0) is 6.42 Å². The Morgan fingerprint density at radius 1 is 1.30 bits per heavy atom. The predicted octanol–water partition coefficient (Wildman–Crippen LogP) is 3.26. The van der Waals surface area contributed by atoms with E-state index in [2.05, 4.69) is 40.9 Å². The summed E-state index contributed by atoms with van der Waals surface area (Å²) in [6, 6.07) is 3.94. The Labute approximate surface area is 134 Å².